The number of nitrogens with zero attached hydrogens (tertiary/aromatic N) is 6. The Labute approximate surface area is 157 Å². The van der Waals surface area contributed by atoms with E-state index in [-0.39, 0.29) is 18.5 Å². The number of rotatable bonds is 4. The fourth-order valence-electron chi connectivity index (χ4n) is 4.01. The van der Waals surface area contributed by atoms with E-state index < -0.39 is 5.60 Å². The number of aromatic nitrogens is 4. The number of carbonyl (C=O) groups is 1. The van der Waals surface area contributed by atoms with Gasteiger partial charge in [-0.25, -0.2) is 4.68 Å². The molecular formula is C18H24N6O3. The molecule has 2 aliphatic rings. The van der Waals surface area contributed by atoms with Crippen LogP contribution < -0.4 is 0 Å². The van der Waals surface area contributed by atoms with Gasteiger partial charge in [0.2, 0.25) is 5.91 Å². The van der Waals surface area contributed by atoms with E-state index in [0.29, 0.717) is 32.7 Å². The van der Waals surface area contributed by atoms with Crippen LogP contribution in [0.15, 0.2) is 36.7 Å². The first-order chi connectivity index (χ1) is 13.2. The van der Waals surface area contributed by atoms with Crippen molar-refractivity contribution in [3.8, 4) is 0 Å². The smallest absolute Gasteiger partial charge is 0.244 e. The van der Waals surface area contributed by atoms with Crippen molar-refractivity contribution < 1.29 is 14.6 Å². The van der Waals surface area contributed by atoms with Crippen molar-refractivity contribution in [2.24, 2.45) is 0 Å². The molecule has 0 aliphatic carbocycles. The fraction of sp³-hybridized carbons (Fsp3) is 0.556. The Morgan fingerprint density at radius 3 is 2.70 bits per heavy atom. The van der Waals surface area contributed by atoms with Crippen LogP contribution in [0.1, 0.15) is 12.0 Å². The minimum atomic E-state index is -0.996. The van der Waals surface area contributed by atoms with Gasteiger partial charge in [-0.1, -0.05) is 30.3 Å². The van der Waals surface area contributed by atoms with Crippen LogP contribution in [0.2, 0.25) is 0 Å². The predicted molar refractivity (Wildman–Crippen MR) is 95.5 cm³/mol. The van der Waals surface area contributed by atoms with E-state index in [4.69, 9.17) is 4.74 Å². The third-order valence-electron chi connectivity index (χ3n) is 5.51. The molecule has 9 heteroatoms. The lowest BCUT2D eigenvalue weighted by molar-refractivity contribution is -0.148. The highest BCUT2D eigenvalue weighted by Crippen LogP contribution is 2.36. The van der Waals surface area contributed by atoms with Gasteiger partial charge in [0.1, 0.15) is 18.5 Å². The number of morpholine rings is 1. The Hall–Kier alpha value is -2.36. The Morgan fingerprint density at radius 2 is 2.00 bits per heavy atom. The molecule has 1 N–H and O–H groups in total. The van der Waals surface area contributed by atoms with Crippen molar-refractivity contribution in [1.82, 2.24) is 30.0 Å². The van der Waals surface area contributed by atoms with Gasteiger partial charge >= 0.3 is 0 Å². The molecule has 0 spiro atoms. The minimum absolute atomic E-state index is 0.0457. The summed E-state index contributed by atoms with van der Waals surface area (Å²) in [4.78, 5) is 16.8. The average Bonchev–Trinajstić information content (AvgIpc) is 3.22. The van der Waals surface area contributed by atoms with Gasteiger partial charge in [0.15, 0.2) is 0 Å². The maximum Gasteiger partial charge on any atom is 0.244 e. The number of amides is 1. The van der Waals surface area contributed by atoms with Crippen LogP contribution in [-0.2, 0) is 21.7 Å². The lowest BCUT2D eigenvalue weighted by Crippen LogP contribution is -2.63. The van der Waals surface area contributed by atoms with E-state index in [0.717, 1.165) is 18.7 Å². The van der Waals surface area contributed by atoms with Gasteiger partial charge < -0.3 is 14.7 Å². The molecule has 0 radical (unpaired) electrons. The van der Waals surface area contributed by atoms with Gasteiger partial charge in [0, 0.05) is 26.2 Å². The molecule has 2 fully saturated rings. The molecule has 3 heterocycles. The highest BCUT2D eigenvalue weighted by atomic mass is 16.5. The number of ether oxygens (including phenoxy) is 1. The number of tetrazole rings is 1. The Morgan fingerprint density at radius 1 is 1.22 bits per heavy atom. The Balaban J connectivity index is 1.56. The molecule has 0 unspecified atom stereocenters. The third kappa shape index (κ3) is 3.71. The Bertz CT molecular complexity index is 750. The molecule has 1 aromatic heterocycles. The predicted octanol–water partition coefficient (Wildman–Crippen LogP) is -0.506. The molecule has 4 rings (SSSR count). The summed E-state index contributed by atoms with van der Waals surface area (Å²) in [5, 5.41) is 22.6. The van der Waals surface area contributed by atoms with Gasteiger partial charge in [-0.05, 0) is 22.4 Å². The minimum Gasteiger partial charge on any atom is -0.383 e. The van der Waals surface area contributed by atoms with Gasteiger partial charge in [0.05, 0.1) is 19.3 Å². The molecule has 9 nitrogen and oxygen atoms in total. The zero-order valence-corrected chi connectivity index (χ0v) is 15.1. The van der Waals surface area contributed by atoms with Crippen LogP contribution in [0.5, 0.6) is 0 Å². The molecule has 27 heavy (non-hydrogen) atoms. The number of likely N-dealkylation sites (tertiary alicyclic amines) is 1. The van der Waals surface area contributed by atoms with E-state index in [1.807, 2.05) is 30.3 Å². The molecule has 2 atom stereocenters. The van der Waals surface area contributed by atoms with E-state index in [2.05, 4.69) is 20.4 Å². The van der Waals surface area contributed by atoms with Gasteiger partial charge in [-0.3, -0.25) is 9.69 Å². The normalized spacial score (nSPS) is 26.9. The van der Waals surface area contributed by atoms with Crippen molar-refractivity contribution in [3.05, 3.63) is 42.2 Å². The number of hydrogen-bond acceptors (Lipinski definition) is 7. The number of aliphatic hydroxyl groups is 1. The molecule has 0 bridgehead atoms. The summed E-state index contributed by atoms with van der Waals surface area (Å²) in [6.07, 6.45) is 1.92. The van der Waals surface area contributed by atoms with Crippen LogP contribution in [0, 0.1) is 0 Å². The van der Waals surface area contributed by atoms with Crippen LogP contribution in [0.4, 0.5) is 0 Å². The largest absolute Gasteiger partial charge is 0.383 e. The zero-order valence-electron chi connectivity index (χ0n) is 15.1. The molecular weight excluding hydrogens is 348 g/mol. The van der Waals surface area contributed by atoms with Crippen molar-refractivity contribution in [2.45, 2.75) is 24.6 Å². The van der Waals surface area contributed by atoms with E-state index in [1.165, 1.54) is 11.0 Å². The summed E-state index contributed by atoms with van der Waals surface area (Å²) >= 11 is 0. The molecule has 1 aromatic carbocycles. The van der Waals surface area contributed by atoms with E-state index >= 15 is 0 Å². The third-order valence-corrected chi connectivity index (χ3v) is 5.51. The summed E-state index contributed by atoms with van der Waals surface area (Å²) in [5.74, 6) is -0.0457. The standard InChI is InChI=1S/C18H24N6O3/c25-17(13-24-14-19-20-21-24)23-7-6-18(26,15-4-2-1-3-5-15)16(12-23)22-8-10-27-11-9-22/h1-5,14,16,26H,6-13H2/t16-,18+/m1/s1. The monoisotopic (exact) mass is 372 g/mol. The maximum atomic E-state index is 12.7. The zero-order chi connectivity index (χ0) is 18.7. The van der Waals surface area contributed by atoms with Crippen molar-refractivity contribution in [2.75, 3.05) is 39.4 Å². The van der Waals surface area contributed by atoms with Crippen LogP contribution in [0.3, 0.4) is 0 Å². The number of benzene rings is 1. The van der Waals surface area contributed by atoms with Gasteiger partial charge in [-0.15, -0.1) is 5.10 Å². The Kier molecular flexibility index (Phi) is 5.15. The topological polar surface area (TPSA) is 96.6 Å². The second kappa shape index (κ2) is 7.71. The average molecular weight is 372 g/mol. The summed E-state index contributed by atoms with van der Waals surface area (Å²) in [5.41, 5.74) is -0.0986. The van der Waals surface area contributed by atoms with E-state index in [1.54, 1.807) is 4.90 Å². The second-order valence-electron chi connectivity index (χ2n) is 7.05. The molecule has 144 valence electrons. The highest BCUT2D eigenvalue weighted by Gasteiger charge is 2.46. The lowest BCUT2D eigenvalue weighted by atomic mass is 9.79. The summed E-state index contributed by atoms with van der Waals surface area (Å²) in [6, 6.07) is 9.58. The van der Waals surface area contributed by atoms with Gasteiger partial charge in [-0.2, -0.15) is 0 Å². The van der Waals surface area contributed by atoms with Crippen LogP contribution in [0.25, 0.3) is 0 Å². The second-order valence-corrected chi connectivity index (χ2v) is 7.05. The summed E-state index contributed by atoms with van der Waals surface area (Å²) < 4.78 is 6.90. The fourth-order valence-corrected chi connectivity index (χ4v) is 4.01. The molecule has 2 saturated heterocycles. The molecule has 0 saturated carbocycles. The van der Waals surface area contributed by atoms with E-state index in [9.17, 15) is 9.90 Å². The quantitative estimate of drug-likeness (QED) is 0.772. The summed E-state index contributed by atoms with van der Waals surface area (Å²) in [6.45, 7) is 3.83. The first-order valence-electron chi connectivity index (χ1n) is 9.25. The molecule has 2 aliphatic heterocycles. The van der Waals surface area contributed by atoms with Crippen molar-refractivity contribution >= 4 is 5.91 Å². The van der Waals surface area contributed by atoms with Crippen LogP contribution in [-0.4, -0.2) is 86.5 Å². The molecule has 1 amide bonds. The lowest BCUT2D eigenvalue weighted by Gasteiger charge is -2.50. The SMILES string of the molecule is O=C(Cn1cnnn1)N1CC[C@](O)(c2ccccc2)[C@H](N2CCOCC2)C1. The first-order valence-corrected chi connectivity index (χ1v) is 9.25. The van der Waals surface area contributed by atoms with Gasteiger partial charge in [0.25, 0.3) is 0 Å². The summed E-state index contributed by atoms with van der Waals surface area (Å²) in [7, 11) is 0. The van der Waals surface area contributed by atoms with Crippen molar-refractivity contribution in [3.63, 3.8) is 0 Å². The maximum absolute atomic E-state index is 12.7. The highest BCUT2D eigenvalue weighted by molar-refractivity contribution is 5.76. The first kappa shape index (κ1) is 18.0. The number of carbonyl (C=O) groups excluding carboxylic acids is 1. The van der Waals surface area contributed by atoms with Crippen molar-refractivity contribution in [1.29, 1.82) is 0 Å². The number of hydrogen-bond donors (Lipinski definition) is 1. The number of piperidine rings is 1. The van der Waals surface area contributed by atoms with Crippen LogP contribution >= 0.6 is 0 Å². The molecule has 2 aromatic rings.